The maximum absolute atomic E-state index is 12.2. The molecule has 0 aliphatic rings. The Morgan fingerprint density at radius 3 is 2.77 bits per heavy atom. The molecule has 0 saturated heterocycles. The van der Waals surface area contributed by atoms with Crippen LogP contribution >= 0.6 is 23.2 Å². The van der Waals surface area contributed by atoms with Gasteiger partial charge in [0, 0.05) is 25.5 Å². The maximum atomic E-state index is 12.2. The van der Waals surface area contributed by atoms with Gasteiger partial charge < -0.3 is 14.6 Å². The molecule has 1 aromatic heterocycles. The number of imidazole rings is 1. The highest BCUT2D eigenvalue weighted by Crippen LogP contribution is 2.33. The number of carbonyl (C=O) groups excluding carboxylic acids is 1. The van der Waals surface area contributed by atoms with Crippen molar-refractivity contribution in [3.8, 4) is 5.75 Å². The van der Waals surface area contributed by atoms with Crippen LogP contribution in [0.1, 0.15) is 23.2 Å². The third-order valence-corrected chi connectivity index (χ3v) is 3.79. The predicted octanol–water partition coefficient (Wildman–Crippen LogP) is 3.41. The number of nitrogens with one attached hydrogen (secondary N) is 1. The third kappa shape index (κ3) is 4.15. The average molecular weight is 342 g/mol. The molecule has 0 radical (unpaired) electrons. The van der Waals surface area contributed by atoms with Gasteiger partial charge in [-0.25, -0.2) is 4.98 Å². The van der Waals surface area contributed by atoms with E-state index in [1.807, 2.05) is 10.8 Å². The van der Waals surface area contributed by atoms with Crippen molar-refractivity contribution in [2.75, 3.05) is 13.7 Å². The summed E-state index contributed by atoms with van der Waals surface area (Å²) >= 11 is 12.1. The van der Waals surface area contributed by atoms with E-state index in [4.69, 9.17) is 27.9 Å². The minimum absolute atomic E-state index is 0.270. The average Bonchev–Trinajstić information content (AvgIpc) is 3.02. The molecule has 0 bridgehead atoms. The minimum Gasteiger partial charge on any atom is -0.494 e. The highest BCUT2D eigenvalue weighted by molar-refractivity contribution is 6.37. The van der Waals surface area contributed by atoms with Crippen LogP contribution in [0, 0.1) is 0 Å². The molecule has 0 aliphatic heterocycles. The molecule has 0 fully saturated rings. The van der Waals surface area contributed by atoms with Crippen LogP contribution in [0.2, 0.25) is 10.0 Å². The van der Waals surface area contributed by atoms with Crippen LogP contribution in [-0.4, -0.2) is 29.1 Å². The lowest BCUT2D eigenvalue weighted by Crippen LogP contribution is -2.25. The van der Waals surface area contributed by atoms with Crippen LogP contribution in [0.4, 0.5) is 0 Å². The fraction of sp³-hybridized carbons (Fsp3) is 0.333. The number of rotatable bonds is 7. The van der Waals surface area contributed by atoms with E-state index in [0.29, 0.717) is 22.3 Å². The Morgan fingerprint density at radius 1 is 1.32 bits per heavy atom. The summed E-state index contributed by atoms with van der Waals surface area (Å²) in [5.41, 5.74) is 0.270. The molecule has 0 saturated carbocycles. The van der Waals surface area contributed by atoms with Crippen molar-refractivity contribution in [1.29, 1.82) is 0 Å². The van der Waals surface area contributed by atoms with E-state index in [2.05, 4.69) is 10.3 Å². The van der Waals surface area contributed by atoms with Gasteiger partial charge in [-0.3, -0.25) is 4.79 Å². The summed E-state index contributed by atoms with van der Waals surface area (Å²) in [5, 5.41) is 3.51. The quantitative estimate of drug-likeness (QED) is 0.785. The van der Waals surface area contributed by atoms with E-state index >= 15 is 0 Å². The van der Waals surface area contributed by atoms with E-state index in [1.165, 1.54) is 7.11 Å². The second-order valence-electron chi connectivity index (χ2n) is 4.70. The SMILES string of the molecule is COc1c(Cl)ccc(Cl)c1C(=O)NCCCCn1ccnc1. The van der Waals surface area contributed by atoms with Gasteiger partial charge in [0.15, 0.2) is 5.75 Å². The van der Waals surface area contributed by atoms with Crippen LogP contribution in [0.25, 0.3) is 0 Å². The van der Waals surface area contributed by atoms with Gasteiger partial charge in [0.05, 0.1) is 23.5 Å². The van der Waals surface area contributed by atoms with E-state index in [1.54, 1.807) is 24.7 Å². The number of aryl methyl sites for hydroxylation is 1. The first-order chi connectivity index (χ1) is 10.6. The van der Waals surface area contributed by atoms with E-state index < -0.39 is 0 Å². The third-order valence-electron chi connectivity index (χ3n) is 3.18. The van der Waals surface area contributed by atoms with Gasteiger partial charge in [-0.1, -0.05) is 23.2 Å². The molecule has 1 N–H and O–H groups in total. The van der Waals surface area contributed by atoms with Gasteiger partial charge in [0.2, 0.25) is 0 Å². The van der Waals surface area contributed by atoms with Crippen molar-refractivity contribution < 1.29 is 9.53 Å². The molecule has 0 unspecified atom stereocenters. The molecular weight excluding hydrogens is 325 g/mol. The van der Waals surface area contributed by atoms with Gasteiger partial charge >= 0.3 is 0 Å². The summed E-state index contributed by atoms with van der Waals surface area (Å²) in [6.45, 7) is 1.43. The van der Waals surface area contributed by atoms with E-state index in [0.717, 1.165) is 19.4 Å². The molecule has 5 nitrogen and oxygen atoms in total. The Morgan fingerprint density at radius 2 is 2.09 bits per heavy atom. The number of amides is 1. The first kappa shape index (κ1) is 16.6. The topological polar surface area (TPSA) is 56.1 Å². The zero-order chi connectivity index (χ0) is 15.9. The standard InChI is InChI=1S/C15H17Cl2N3O2/c1-22-14-12(17)5-4-11(16)13(14)15(21)19-6-2-3-8-20-9-7-18-10-20/h4-5,7,9-10H,2-3,6,8H2,1H3,(H,19,21). The van der Waals surface area contributed by atoms with Gasteiger partial charge in [-0.05, 0) is 25.0 Å². The Labute approximate surface area is 139 Å². The van der Waals surface area contributed by atoms with Crippen molar-refractivity contribution in [3.63, 3.8) is 0 Å². The highest BCUT2D eigenvalue weighted by Gasteiger charge is 2.18. The normalized spacial score (nSPS) is 10.5. The molecule has 0 spiro atoms. The fourth-order valence-electron chi connectivity index (χ4n) is 2.07. The molecule has 22 heavy (non-hydrogen) atoms. The number of unbranched alkanes of at least 4 members (excludes halogenated alkanes) is 1. The number of methoxy groups -OCH3 is 1. The number of aromatic nitrogens is 2. The lowest BCUT2D eigenvalue weighted by molar-refractivity contribution is 0.0950. The number of nitrogens with zero attached hydrogens (tertiary/aromatic N) is 2. The van der Waals surface area contributed by atoms with Crippen LogP contribution in [0.3, 0.4) is 0 Å². The summed E-state index contributed by atoms with van der Waals surface area (Å²) in [6.07, 6.45) is 7.22. The van der Waals surface area contributed by atoms with Crippen LogP contribution in [0.15, 0.2) is 30.9 Å². The highest BCUT2D eigenvalue weighted by atomic mass is 35.5. The zero-order valence-corrected chi connectivity index (χ0v) is 13.7. The number of ether oxygens (including phenoxy) is 1. The first-order valence-corrected chi connectivity index (χ1v) is 7.65. The fourth-order valence-corrected chi connectivity index (χ4v) is 2.54. The molecule has 2 rings (SSSR count). The first-order valence-electron chi connectivity index (χ1n) is 6.89. The lowest BCUT2D eigenvalue weighted by atomic mass is 10.1. The monoisotopic (exact) mass is 341 g/mol. The summed E-state index contributed by atoms with van der Waals surface area (Å²) in [4.78, 5) is 16.2. The predicted molar refractivity (Wildman–Crippen MR) is 86.8 cm³/mol. The molecule has 1 amide bonds. The smallest absolute Gasteiger partial charge is 0.256 e. The molecular formula is C15H17Cl2N3O2. The summed E-state index contributed by atoms with van der Waals surface area (Å²) in [6, 6.07) is 3.19. The second-order valence-corrected chi connectivity index (χ2v) is 5.52. The molecule has 0 atom stereocenters. The summed E-state index contributed by atoms with van der Waals surface area (Å²) < 4.78 is 7.17. The van der Waals surface area contributed by atoms with Crippen LogP contribution in [0.5, 0.6) is 5.75 Å². The molecule has 118 valence electrons. The molecule has 0 aliphatic carbocycles. The number of hydrogen-bond donors (Lipinski definition) is 1. The van der Waals surface area contributed by atoms with Gasteiger partial charge in [0.1, 0.15) is 5.56 Å². The van der Waals surface area contributed by atoms with Gasteiger partial charge in [-0.15, -0.1) is 0 Å². The Bertz CT molecular complexity index is 630. The zero-order valence-electron chi connectivity index (χ0n) is 12.2. The second kappa shape index (κ2) is 8.06. The van der Waals surface area contributed by atoms with Crippen molar-refractivity contribution in [3.05, 3.63) is 46.5 Å². The maximum Gasteiger partial charge on any atom is 0.256 e. The van der Waals surface area contributed by atoms with Crippen LogP contribution < -0.4 is 10.1 Å². The summed E-state index contributed by atoms with van der Waals surface area (Å²) in [5.74, 6) is 0.0112. The Kier molecular flexibility index (Phi) is 6.10. The van der Waals surface area contributed by atoms with Crippen molar-refractivity contribution in [2.45, 2.75) is 19.4 Å². The van der Waals surface area contributed by atoms with Gasteiger partial charge in [-0.2, -0.15) is 0 Å². The number of carbonyl (C=O) groups is 1. The molecule has 1 heterocycles. The minimum atomic E-state index is -0.285. The number of hydrogen-bond acceptors (Lipinski definition) is 3. The van der Waals surface area contributed by atoms with Crippen molar-refractivity contribution >= 4 is 29.1 Å². The largest absolute Gasteiger partial charge is 0.494 e. The lowest BCUT2D eigenvalue weighted by Gasteiger charge is -2.12. The number of halogens is 2. The number of benzene rings is 1. The summed E-state index contributed by atoms with van der Waals surface area (Å²) in [7, 11) is 1.46. The molecule has 2 aromatic rings. The van der Waals surface area contributed by atoms with Crippen molar-refractivity contribution in [1.82, 2.24) is 14.9 Å². The molecule has 1 aromatic carbocycles. The Balaban J connectivity index is 1.86. The van der Waals surface area contributed by atoms with Crippen LogP contribution in [-0.2, 0) is 6.54 Å². The van der Waals surface area contributed by atoms with E-state index in [9.17, 15) is 4.79 Å². The van der Waals surface area contributed by atoms with Crippen molar-refractivity contribution in [2.24, 2.45) is 0 Å². The van der Waals surface area contributed by atoms with E-state index in [-0.39, 0.29) is 11.5 Å². The molecule has 7 heteroatoms. The Hall–Kier alpha value is -1.72. The van der Waals surface area contributed by atoms with Gasteiger partial charge in [0.25, 0.3) is 5.91 Å².